The van der Waals surface area contributed by atoms with Crippen molar-refractivity contribution in [1.82, 2.24) is 4.98 Å². The zero-order valence-corrected chi connectivity index (χ0v) is 13.6. The largest absolute Gasteiger partial charge is 0.494 e. The summed E-state index contributed by atoms with van der Waals surface area (Å²) in [6.07, 6.45) is 5.86. The molecule has 0 amide bonds. The molecule has 1 aliphatic rings. The van der Waals surface area contributed by atoms with Gasteiger partial charge in [0.15, 0.2) is 0 Å². The van der Waals surface area contributed by atoms with Crippen LogP contribution >= 0.6 is 0 Å². The first-order valence-corrected chi connectivity index (χ1v) is 7.95. The lowest BCUT2D eigenvalue weighted by atomic mass is 10.1. The quantitative estimate of drug-likeness (QED) is 0.865. The molecule has 2 aromatic rings. The van der Waals surface area contributed by atoms with E-state index in [0.29, 0.717) is 6.10 Å². The topological polar surface area (TPSA) is 34.6 Å². The third-order valence-electron chi connectivity index (χ3n) is 4.37. The van der Waals surface area contributed by atoms with E-state index in [-0.39, 0.29) is 0 Å². The van der Waals surface area contributed by atoms with Crippen molar-refractivity contribution in [3.8, 4) is 5.75 Å². The summed E-state index contributed by atoms with van der Waals surface area (Å²) in [5.41, 5.74) is 3.32. The van der Waals surface area contributed by atoms with E-state index >= 15 is 0 Å². The number of aromatic nitrogens is 1. The van der Waals surface area contributed by atoms with Crippen LogP contribution in [0.5, 0.6) is 5.75 Å². The van der Waals surface area contributed by atoms with Crippen molar-refractivity contribution in [2.75, 3.05) is 32.2 Å². The summed E-state index contributed by atoms with van der Waals surface area (Å²) >= 11 is 0. The Kier molecular flexibility index (Phi) is 4.48. The Morgan fingerprint density at radius 2 is 2.23 bits per heavy atom. The molecule has 3 rings (SSSR count). The number of hydrogen-bond donors (Lipinski definition) is 0. The number of benzene rings is 1. The molecule has 1 aromatic heterocycles. The number of anilines is 1. The Bertz CT molecular complexity index is 651. The number of para-hydroxylation sites is 1. The smallest absolute Gasteiger partial charge is 0.145 e. The fourth-order valence-corrected chi connectivity index (χ4v) is 3.30. The Morgan fingerprint density at radius 3 is 2.95 bits per heavy atom. The first-order valence-electron chi connectivity index (χ1n) is 7.95. The molecule has 0 spiro atoms. The van der Waals surface area contributed by atoms with E-state index < -0.39 is 0 Å². The van der Waals surface area contributed by atoms with Crippen LogP contribution in [0, 0.1) is 6.92 Å². The van der Waals surface area contributed by atoms with Crippen LogP contribution in [0.25, 0.3) is 10.9 Å². The van der Waals surface area contributed by atoms with Gasteiger partial charge in [0.2, 0.25) is 0 Å². The maximum atomic E-state index is 5.88. The van der Waals surface area contributed by atoms with Crippen LogP contribution < -0.4 is 9.64 Å². The number of likely N-dealkylation sites (N-methyl/N-ethyl adjacent to an activating group) is 1. The highest BCUT2D eigenvalue weighted by molar-refractivity contribution is 5.96. The molecule has 1 saturated heterocycles. The van der Waals surface area contributed by atoms with Crippen LogP contribution in [0.1, 0.15) is 24.8 Å². The number of aryl methyl sites for hydroxylation is 1. The van der Waals surface area contributed by atoms with Gasteiger partial charge in [0, 0.05) is 31.8 Å². The highest BCUT2D eigenvalue weighted by Crippen LogP contribution is 2.33. The molecule has 0 saturated carbocycles. The van der Waals surface area contributed by atoms with Gasteiger partial charge in [-0.15, -0.1) is 0 Å². The average molecular weight is 300 g/mol. The number of fused-ring (bicyclic) bond motifs is 1. The summed E-state index contributed by atoms with van der Waals surface area (Å²) in [6.45, 7) is 3.92. The Balaban J connectivity index is 1.96. The predicted octanol–water partition coefficient (Wildman–Crippen LogP) is 3.56. The average Bonchev–Trinajstić information content (AvgIpc) is 2.54. The van der Waals surface area contributed by atoms with E-state index in [1.165, 1.54) is 24.1 Å². The summed E-state index contributed by atoms with van der Waals surface area (Å²) in [4.78, 5) is 6.86. The van der Waals surface area contributed by atoms with Crippen molar-refractivity contribution in [3.05, 3.63) is 30.0 Å². The lowest BCUT2D eigenvalue weighted by Crippen LogP contribution is -2.33. The number of rotatable bonds is 4. The normalized spacial score (nSPS) is 18.4. The lowest BCUT2D eigenvalue weighted by molar-refractivity contribution is 0.0216. The highest BCUT2D eigenvalue weighted by Gasteiger charge is 2.19. The SMILES string of the molecule is COc1cccc2c(N(C)CC3CCCCO3)c(C)cnc12. The molecule has 1 aliphatic heterocycles. The minimum atomic E-state index is 0.326. The molecule has 1 atom stereocenters. The van der Waals surface area contributed by atoms with Gasteiger partial charge in [-0.25, -0.2) is 0 Å². The molecule has 2 heterocycles. The van der Waals surface area contributed by atoms with Gasteiger partial charge in [-0.1, -0.05) is 12.1 Å². The fourth-order valence-electron chi connectivity index (χ4n) is 3.30. The first kappa shape index (κ1) is 15.1. The lowest BCUT2D eigenvalue weighted by Gasteiger charge is -2.30. The van der Waals surface area contributed by atoms with Gasteiger partial charge >= 0.3 is 0 Å². The van der Waals surface area contributed by atoms with Gasteiger partial charge in [-0.05, 0) is 37.8 Å². The molecule has 1 fully saturated rings. The van der Waals surface area contributed by atoms with Crippen LogP contribution in [-0.4, -0.2) is 38.4 Å². The van der Waals surface area contributed by atoms with Gasteiger partial charge in [-0.3, -0.25) is 4.98 Å². The van der Waals surface area contributed by atoms with Crippen molar-refractivity contribution in [2.24, 2.45) is 0 Å². The van der Waals surface area contributed by atoms with Crippen LogP contribution in [0.4, 0.5) is 5.69 Å². The summed E-state index contributed by atoms with van der Waals surface area (Å²) in [7, 11) is 3.83. The zero-order chi connectivity index (χ0) is 15.5. The van der Waals surface area contributed by atoms with Gasteiger partial charge in [0.1, 0.15) is 11.3 Å². The maximum Gasteiger partial charge on any atom is 0.145 e. The van der Waals surface area contributed by atoms with E-state index in [1.54, 1.807) is 7.11 Å². The number of nitrogens with zero attached hydrogens (tertiary/aromatic N) is 2. The minimum Gasteiger partial charge on any atom is -0.494 e. The van der Waals surface area contributed by atoms with Crippen molar-refractivity contribution in [3.63, 3.8) is 0 Å². The summed E-state index contributed by atoms with van der Waals surface area (Å²) in [6, 6.07) is 6.10. The molecule has 0 radical (unpaired) electrons. The molecular weight excluding hydrogens is 276 g/mol. The van der Waals surface area contributed by atoms with Gasteiger partial charge in [0.05, 0.1) is 18.9 Å². The van der Waals surface area contributed by atoms with Crippen molar-refractivity contribution in [2.45, 2.75) is 32.3 Å². The molecule has 4 heteroatoms. The Hall–Kier alpha value is -1.81. The van der Waals surface area contributed by atoms with Gasteiger partial charge in [0.25, 0.3) is 0 Å². The summed E-state index contributed by atoms with van der Waals surface area (Å²) in [5.74, 6) is 0.820. The number of methoxy groups -OCH3 is 1. The molecule has 0 bridgehead atoms. The fraction of sp³-hybridized carbons (Fsp3) is 0.500. The van der Waals surface area contributed by atoms with E-state index in [9.17, 15) is 0 Å². The van der Waals surface area contributed by atoms with E-state index in [2.05, 4.69) is 29.9 Å². The monoisotopic (exact) mass is 300 g/mol. The summed E-state index contributed by atoms with van der Waals surface area (Å²) in [5, 5.41) is 1.14. The summed E-state index contributed by atoms with van der Waals surface area (Å²) < 4.78 is 11.3. The van der Waals surface area contributed by atoms with Crippen LogP contribution in [0.15, 0.2) is 24.4 Å². The number of hydrogen-bond acceptors (Lipinski definition) is 4. The minimum absolute atomic E-state index is 0.326. The second-order valence-electron chi connectivity index (χ2n) is 6.02. The molecule has 22 heavy (non-hydrogen) atoms. The number of ether oxygens (including phenoxy) is 2. The van der Waals surface area contributed by atoms with Gasteiger partial charge < -0.3 is 14.4 Å². The van der Waals surface area contributed by atoms with E-state index in [1.807, 2.05) is 18.3 Å². The molecular formula is C18H24N2O2. The third kappa shape index (κ3) is 2.88. The second kappa shape index (κ2) is 6.53. The zero-order valence-electron chi connectivity index (χ0n) is 13.6. The molecule has 1 aromatic carbocycles. The van der Waals surface area contributed by atoms with E-state index in [0.717, 1.165) is 36.2 Å². The standard InChI is InChI=1S/C18H24N2O2/c1-13-11-19-17-15(8-6-9-16(17)21-3)18(13)20(2)12-14-7-4-5-10-22-14/h6,8-9,11,14H,4-5,7,10,12H2,1-3H3. The molecule has 118 valence electrons. The van der Waals surface area contributed by atoms with Crippen LogP contribution in [-0.2, 0) is 4.74 Å². The van der Waals surface area contributed by atoms with Crippen molar-refractivity contribution < 1.29 is 9.47 Å². The maximum absolute atomic E-state index is 5.88. The van der Waals surface area contributed by atoms with Crippen molar-refractivity contribution in [1.29, 1.82) is 0 Å². The van der Waals surface area contributed by atoms with E-state index in [4.69, 9.17) is 9.47 Å². The molecule has 0 aliphatic carbocycles. The highest BCUT2D eigenvalue weighted by atomic mass is 16.5. The van der Waals surface area contributed by atoms with Crippen LogP contribution in [0.3, 0.4) is 0 Å². The Morgan fingerprint density at radius 1 is 1.36 bits per heavy atom. The Labute approximate surface area is 132 Å². The molecule has 4 nitrogen and oxygen atoms in total. The first-order chi connectivity index (χ1) is 10.7. The second-order valence-corrected chi connectivity index (χ2v) is 6.02. The van der Waals surface area contributed by atoms with Gasteiger partial charge in [-0.2, -0.15) is 0 Å². The van der Waals surface area contributed by atoms with Crippen LogP contribution in [0.2, 0.25) is 0 Å². The predicted molar refractivity (Wildman–Crippen MR) is 89.9 cm³/mol. The third-order valence-corrected chi connectivity index (χ3v) is 4.37. The van der Waals surface area contributed by atoms with Crippen molar-refractivity contribution >= 4 is 16.6 Å². The number of pyridine rings is 1. The molecule has 0 N–H and O–H groups in total. The molecule has 1 unspecified atom stereocenters.